The van der Waals surface area contributed by atoms with E-state index in [2.05, 4.69) is 9.82 Å². The normalized spacial score (nSPS) is 18.2. The molecule has 2 heterocycles. The number of nitrogens with one attached hydrogen (secondary N) is 1. The lowest BCUT2D eigenvalue weighted by atomic mass is 10.0. The van der Waals surface area contributed by atoms with Crippen LogP contribution in [0.2, 0.25) is 0 Å². The molecule has 10 heteroatoms. The van der Waals surface area contributed by atoms with Gasteiger partial charge in [-0.05, 0) is 29.8 Å². The summed E-state index contributed by atoms with van der Waals surface area (Å²) in [6.45, 7) is 0. The van der Waals surface area contributed by atoms with E-state index in [0.29, 0.717) is 29.1 Å². The third-order valence-electron chi connectivity index (χ3n) is 3.58. The van der Waals surface area contributed by atoms with E-state index in [0.717, 1.165) is 16.9 Å². The first-order valence-electron chi connectivity index (χ1n) is 7.32. The van der Waals surface area contributed by atoms with Gasteiger partial charge in [-0.25, -0.2) is 16.8 Å². The molecule has 1 atom stereocenters. The highest BCUT2D eigenvalue weighted by molar-refractivity contribution is 7.92. The maximum atomic E-state index is 12.1. The van der Waals surface area contributed by atoms with Crippen molar-refractivity contribution >= 4 is 31.4 Å². The van der Waals surface area contributed by atoms with Crippen molar-refractivity contribution in [1.29, 1.82) is 0 Å². The molecular formula is C15H17N3O5S2. The Hall–Kier alpha value is -2.33. The van der Waals surface area contributed by atoms with Crippen LogP contribution in [0.5, 0.6) is 0 Å². The van der Waals surface area contributed by atoms with E-state index in [1.165, 1.54) is 6.26 Å². The van der Waals surface area contributed by atoms with Crippen molar-refractivity contribution in [3.8, 4) is 0 Å². The molecule has 2 aromatic rings. The number of furan rings is 1. The Balaban J connectivity index is 1.96. The minimum atomic E-state index is -3.58. The fourth-order valence-electron chi connectivity index (χ4n) is 2.64. The molecule has 0 amide bonds. The van der Waals surface area contributed by atoms with Gasteiger partial charge in [0.2, 0.25) is 20.0 Å². The Labute approximate surface area is 146 Å². The molecule has 25 heavy (non-hydrogen) atoms. The standard InChI is InChI=1S/C15H17N3O5S2/c1-24(19,20)17-12-6-3-5-11(9-12)13-10-14(15-7-4-8-23-15)18(16-13)25(2,21)22/h3-9,14,17H,10H2,1-2H3/t14-/m1/s1. The van der Waals surface area contributed by atoms with Crippen LogP contribution in [-0.2, 0) is 20.0 Å². The van der Waals surface area contributed by atoms with Crippen LogP contribution in [0, 0.1) is 0 Å². The van der Waals surface area contributed by atoms with Crippen molar-refractivity contribution in [3.63, 3.8) is 0 Å². The van der Waals surface area contributed by atoms with Crippen molar-refractivity contribution < 1.29 is 21.3 Å². The molecule has 0 fully saturated rings. The summed E-state index contributed by atoms with van der Waals surface area (Å²) in [7, 11) is -6.99. The van der Waals surface area contributed by atoms with E-state index in [1.807, 2.05) is 0 Å². The van der Waals surface area contributed by atoms with Crippen molar-refractivity contribution in [2.24, 2.45) is 5.10 Å². The van der Waals surface area contributed by atoms with E-state index in [4.69, 9.17) is 4.42 Å². The van der Waals surface area contributed by atoms with Gasteiger partial charge in [0.15, 0.2) is 0 Å². The predicted molar refractivity (Wildman–Crippen MR) is 94.2 cm³/mol. The molecule has 0 saturated heterocycles. The highest BCUT2D eigenvalue weighted by atomic mass is 32.2. The molecular weight excluding hydrogens is 366 g/mol. The third-order valence-corrected chi connectivity index (χ3v) is 5.21. The van der Waals surface area contributed by atoms with Gasteiger partial charge in [0, 0.05) is 12.1 Å². The number of hydrogen-bond acceptors (Lipinski definition) is 6. The Morgan fingerprint density at radius 1 is 1.16 bits per heavy atom. The fourth-order valence-corrected chi connectivity index (χ4v) is 4.08. The quantitative estimate of drug-likeness (QED) is 0.846. The first-order chi connectivity index (χ1) is 11.6. The SMILES string of the molecule is CS(=O)(=O)Nc1cccc(C2=NN(S(C)(=O)=O)[C@@H](c3ccco3)C2)c1. The highest BCUT2D eigenvalue weighted by Gasteiger charge is 2.36. The monoisotopic (exact) mass is 383 g/mol. The van der Waals surface area contributed by atoms with Gasteiger partial charge in [-0.3, -0.25) is 4.72 Å². The lowest BCUT2D eigenvalue weighted by molar-refractivity contribution is 0.322. The summed E-state index contributed by atoms with van der Waals surface area (Å²) in [4.78, 5) is 0. The molecule has 1 aromatic heterocycles. The Morgan fingerprint density at radius 3 is 2.52 bits per heavy atom. The van der Waals surface area contributed by atoms with Crippen molar-refractivity contribution in [2.45, 2.75) is 12.5 Å². The molecule has 1 aliphatic rings. The summed E-state index contributed by atoms with van der Waals surface area (Å²) in [6.07, 6.45) is 3.94. The summed E-state index contributed by atoms with van der Waals surface area (Å²) in [5.41, 5.74) is 1.55. The second-order valence-corrected chi connectivity index (χ2v) is 9.36. The number of hydrogen-bond donors (Lipinski definition) is 1. The van der Waals surface area contributed by atoms with Crippen LogP contribution >= 0.6 is 0 Å². The number of anilines is 1. The molecule has 0 radical (unpaired) electrons. The molecule has 8 nitrogen and oxygen atoms in total. The van der Waals surface area contributed by atoms with E-state index in [1.54, 1.807) is 36.4 Å². The molecule has 0 saturated carbocycles. The molecule has 0 unspecified atom stereocenters. The van der Waals surface area contributed by atoms with Gasteiger partial charge in [-0.2, -0.15) is 9.52 Å². The van der Waals surface area contributed by atoms with Gasteiger partial charge in [-0.1, -0.05) is 12.1 Å². The summed E-state index contributed by atoms with van der Waals surface area (Å²) >= 11 is 0. The molecule has 0 bridgehead atoms. The Bertz CT molecular complexity index is 1010. The van der Waals surface area contributed by atoms with Gasteiger partial charge < -0.3 is 4.42 Å². The smallest absolute Gasteiger partial charge is 0.247 e. The number of hydrazone groups is 1. The lowest BCUT2D eigenvalue weighted by Crippen LogP contribution is -2.25. The summed E-state index contributed by atoms with van der Waals surface area (Å²) in [5, 5.41) is 4.23. The maximum Gasteiger partial charge on any atom is 0.247 e. The minimum absolute atomic E-state index is 0.322. The van der Waals surface area contributed by atoms with Gasteiger partial charge >= 0.3 is 0 Å². The van der Waals surface area contributed by atoms with Crippen LogP contribution in [0.15, 0.2) is 52.2 Å². The van der Waals surface area contributed by atoms with E-state index in [9.17, 15) is 16.8 Å². The maximum absolute atomic E-state index is 12.1. The van der Waals surface area contributed by atoms with Crippen molar-refractivity contribution in [2.75, 3.05) is 17.2 Å². The minimum Gasteiger partial charge on any atom is -0.467 e. The first kappa shape index (κ1) is 17.5. The first-order valence-corrected chi connectivity index (χ1v) is 11.1. The van der Waals surface area contributed by atoms with Gasteiger partial charge in [-0.15, -0.1) is 0 Å². The van der Waals surface area contributed by atoms with E-state index in [-0.39, 0.29) is 0 Å². The van der Waals surface area contributed by atoms with Gasteiger partial charge in [0.1, 0.15) is 11.8 Å². The predicted octanol–water partition coefficient (Wildman–Crippen LogP) is 1.76. The zero-order valence-electron chi connectivity index (χ0n) is 13.6. The van der Waals surface area contributed by atoms with Crippen molar-refractivity contribution in [3.05, 3.63) is 54.0 Å². The van der Waals surface area contributed by atoms with Crippen LogP contribution < -0.4 is 4.72 Å². The molecule has 1 N–H and O–H groups in total. The lowest BCUT2D eigenvalue weighted by Gasteiger charge is -2.18. The average molecular weight is 383 g/mol. The zero-order chi connectivity index (χ0) is 18.2. The molecule has 3 rings (SSSR count). The number of rotatable bonds is 5. The number of nitrogens with zero attached hydrogens (tertiary/aromatic N) is 2. The second kappa shape index (κ2) is 6.19. The summed E-state index contributed by atoms with van der Waals surface area (Å²) in [6, 6.07) is 9.47. The van der Waals surface area contributed by atoms with Crippen LogP contribution in [0.1, 0.15) is 23.8 Å². The average Bonchev–Trinajstić information content (AvgIpc) is 3.14. The molecule has 1 aromatic carbocycles. The number of sulfonamides is 2. The molecule has 0 aliphatic carbocycles. The van der Waals surface area contributed by atoms with Crippen LogP contribution in [-0.4, -0.2) is 39.5 Å². The highest BCUT2D eigenvalue weighted by Crippen LogP contribution is 2.35. The number of benzene rings is 1. The summed E-state index contributed by atoms with van der Waals surface area (Å²) in [5.74, 6) is 0.495. The van der Waals surface area contributed by atoms with Gasteiger partial charge in [0.25, 0.3) is 0 Å². The van der Waals surface area contributed by atoms with Crippen molar-refractivity contribution in [1.82, 2.24) is 4.41 Å². The Kier molecular flexibility index (Phi) is 4.33. The van der Waals surface area contributed by atoms with Crippen LogP contribution in [0.4, 0.5) is 5.69 Å². The fraction of sp³-hybridized carbons (Fsp3) is 0.267. The zero-order valence-corrected chi connectivity index (χ0v) is 15.2. The Morgan fingerprint density at radius 2 is 1.92 bits per heavy atom. The largest absolute Gasteiger partial charge is 0.467 e. The van der Waals surface area contributed by atoms with E-state index < -0.39 is 26.1 Å². The van der Waals surface area contributed by atoms with E-state index >= 15 is 0 Å². The summed E-state index contributed by atoms with van der Waals surface area (Å²) < 4.78 is 55.6. The van der Waals surface area contributed by atoms with Gasteiger partial charge in [0.05, 0.1) is 24.5 Å². The molecule has 134 valence electrons. The topological polar surface area (TPSA) is 109 Å². The second-order valence-electron chi connectivity index (χ2n) is 5.77. The van der Waals surface area contributed by atoms with Crippen LogP contribution in [0.3, 0.4) is 0 Å². The molecule has 1 aliphatic heterocycles. The van der Waals surface area contributed by atoms with Crippen LogP contribution in [0.25, 0.3) is 0 Å². The third kappa shape index (κ3) is 4.02. The molecule has 0 spiro atoms.